The highest BCUT2D eigenvalue weighted by Gasteiger charge is 2.36. The second kappa shape index (κ2) is 6.37. The van der Waals surface area contributed by atoms with Gasteiger partial charge in [0.05, 0.1) is 23.9 Å². The molecule has 1 amide bonds. The van der Waals surface area contributed by atoms with Crippen LogP contribution in [-0.4, -0.2) is 26.9 Å². The number of nitrogens with zero attached hydrogens (tertiary/aromatic N) is 3. The molecule has 1 saturated heterocycles. The van der Waals surface area contributed by atoms with Crippen LogP contribution in [0.15, 0.2) is 35.5 Å². The maximum atomic E-state index is 12.6. The minimum Gasteiger partial charge on any atom is -0.373 e. The first-order valence-corrected chi connectivity index (χ1v) is 7.70. The van der Waals surface area contributed by atoms with E-state index >= 15 is 0 Å². The van der Waals surface area contributed by atoms with Gasteiger partial charge in [0.15, 0.2) is 0 Å². The molecule has 2 atom stereocenters. The number of rotatable bonds is 4. The molecule has 1 fully saturated rings. The lowest BCUT2D eigenvalue weighted by atomic mass is 9.96. The van der Waals surface area contributed by atoms with Crippen LogP contribution in [0.25, 0.3) is 0 Å². The Labute approximate surface area is 133 Å². The molecule has 3 heterocycles. The standard InChI is InChI=1S/C16H20N4O3/c1-3-20-10-12(4-5-14(20)21)18-16(22)13-6-7-23-15(13)11-8-17-19(2)9-11/h4-5,8-10,13,15H,3,6-7H2,1-2H3,(H,18,22)/t13-,15+/m0/s1. The summed E-state index contributed by atoms with van der Waals surface area (Å²) < 4.78 is 8.97. The average molecular weight is 316 g/mol. The molecule has 122 valence electrons. The van der Waals surface area contributed by atoms with Gasteiger partial charge in [-0.15, -0.1) is 0 Å². The maximum Gasteiger partial charge on any atom is 0.250 e. The molecule has 1 aliphatic rings. The van der Waals surface area contributed by atoms with Crippen molar-refractivity contribution in [2.24, 2.45) is 13.0 Å². The molecule has 0 saturated carbocycles. The van der Waals surface area contributed by atoms with Gasteiger partial charge >= 0.3 is 0 Å². The molecule has 0 bridgehead atoms. The molecule has 1 aliphatic heterocycles. The summed E-state index contributed by atoms with van der Waals surface area (Å²) in [5, 5.41) is 7.02. The number of pyridine rings is 1. The SMILES string of the molecule is CCn1cc(NC(=O)[C@H]2CCO[C@@H]2c2cnn(C)c2)ccc1=O. The quantitative estimate of drug-likeness (QED) is 0.923. The van der Waals surface area contributed by atoms with E-state index in [4.69, 9.17) is 4.74 Å². The highest BCUT2D eigenvalue weighted by Crippen LogP contribution is 2.35. The van der Waals surface area contributed by atoms with Gasteiger partial charge < -0.3 is 14.6 Å². The van der Waals surface area contributed by atoms with Crippen molar-refractivity contribution in [1.82, 2.24) is 14.3 Å². The lowest BCUT2D eigenvalue weighted by molar-refractivity contribution is -0.121. The smallest absolute Gasteiger partial charge is 0.250 e. The first-order chi connectivity index (χ1) is 11.1. The molecule has 0 spiro atoms. The molecular weight excluding hydrogens is 296 g/mol. The Bertz CT molecular complexity index is 765. The molecule has 3 rings (SSSR count). The Kier molecular flexibility index (Phi) is 4.29. The average Bonchev–Trinajstić information content (AvgIpc) is 3.17. The van der Waals surface area contributed by atoms with Gasteiger partial charge in [0.2, 0.25) is 5.91 Å². The van der Waals surface area contributed by atoms with E-state index in [0.29, 0.717) is 25.3 Å². The Hall–Kier alpha value is -2.41. The third-order valence-electron chi connectivity index (χ3n) is 4.07. The third kappa shape index (κ3) is 3.19. The predicted octanol–water partition coefficient (Wildman–Crippen LogP) is 1.32. The van der Waals surface area contributed by atoms with Crippen LogP contribution >= 0.6 is 0 Å². The van der Waals surface area contributed by atoms with Gasteiger partial charge in [0.1, 0.15) is 0 Å². The van der Waals surface area contributed by atoms with Crippen LogP contribution in [0.2, 0.25) is 0 Å². The topological polar surface area (TPSA) is 78.2 Å². The van der Waals surface area contributed by atoms with Crippen molar-refractivity contribution < 1.29 is 9.53 Å². The van der Waals surface area contributed by atoms with Gasteiger partial charge in [-0.05, 0) is 19.4 Å². The third-order valence-corrected chi connectivity index (χ3v) is 4.07. The Morgan fingerprint density at radius 2 is 2.26 bits per heavy atom. The molecule has 7 heteroatoms. The van der Waals surface area contributed by atoms with Crippen LogP contribution in [0.1, 0.15) is 25.0 Å². The molecule has 1 N–H and O–H groups in total. The fourth-order valence-corrected chi connectivity index (χ4v) is 2.86. The summed E-state index contributed by atoms with van der Waals surface area (Å²) in [5.74, 6) is -0.362. The summed E-state index contributed by atoms with van der Waals surface area (Å²) in [7, 11) is 1.83. The van der Waals surface area contributed by atoms with E-state index in [9.17, 15) is 9.59 Å². The first-order valence-electron chi connectivity index (χ1n) is 7.70. The van der Waals surface area contributed by atoms with E-state index in [0.717, 1.165) is 5.56 Å². The number of hydrogen-bond acceptors (Lipinski definition) is 4. The number of ether oxygens (including phenoxy) is 1. The Morgan fingerprint density at radius 1 is 1.43 bits per heavy atom. The molecule has 0 unspecified atom stereocenters. The van der Waals surface area contributed by atoms with Crippen LogP contribution in [0.3, 0.4) is 0 Å². The van der Waals surface area contributed by atoms with Crippen molar-refractivity contribution in [3.05, 3.63) is 46.6 Å². The van der Waals surface area contributed by atoms with Crippen molar-refractivity contribution in [3.63, 3.8) is 0 Å². The number of aromatic nitrogens is 3. The van der Waals surface area contributed by atoms with Crippen LogP contribution in [-0.2, 0) is 23.1 Å². The fraction of sp³-hybridized carbons (Fsp3) is 0.438. The zero-order chi connectivity index (χ0) is 16.4. The van der Waals surface area contributed by atoms with E-state index in [-0.39, 0.29) is 23.5 Å². The molecular formula is C16H20N4O3. The second-order valence-electron chi connectivity index (χ2n) is 5.67. The summed E-state index contributed by atoms with van der Waals surface area (Å²) in [5.41, 5.74) is 1.44. The largest absolute Gasteiger partial charge is 0.373 e. The second-order valence-corrected chi connectivity index (χ2v) is 5.67. The summed E-state index contributed by atoms with van der Waals surface area (Å²) in [6.07, 6.45) is 5.65. The van der Waals surface area contributed by atoms with Crippen LogP contribution < -0.4 is 10.9 Å². The van der Waals surface area contributed by atoms with Gasteiger partial charge in [0, 0.05) is 44.2 Å². The van der Waals surface area contributed by atoms with E-state index < -0.39 is 0 Å². The number of amides is 1. The highest BCUT2D eigenvalue weighted by molar-refractivity contribution is 5.93. The number of carbonyl (C=O) groups excluding carboxylic acids is 1. The zero-order valence-corrected chi connectivity index (χ0v) is 13.2. The summed E-state index contributed by atoms with van der Waals surface area (Å²) >= 11 is 0. The summed E-state index contributed by atoms with van der Waals surface area (Å²) in [6.45, 7) is 3.00. The zero-order valence-electron chi connectivity index (χ0n) is 13.2. The van der Waals surface area contributed by atoms with Gasteiger partial charge in [-0.3, -0.25) is 14.3 Å². The van der Waals surface area contributed by atoms with Gasteiger partial charge in [0.25, 0.3) is 5.56 Å². The minimum absolute atomic E-state index is 0.0806. The number of anilines is 1. The van der Waals surface area contributed by atoms with E-state index in [1.807, 2.05) is 20.2 Å². The molecule has 7 nitrogen and oxygen atoms in total. The van der Waals surface area contributed by atoms with Crippen molar-refractivity contribution in [3.8, 4) is 0 Å². The number of carbonyl (C=O) groups is 1. The summed E-state index contributed by atoms with van der Waals surface area (Å²) in [6, 6.07) is 3.09. The van der Waals surface area contributed by atoms with Gasteiger partial charge in [-0.25, -0.2) is 0 Å². The Balaban J connectivity index is 1.76. The molecule has 23 heavy (non-hydrogen) atoms. The van der Waals surface area contributed by atoms with Crippen LogP contribution in [0.4, 0.5) is 5.69 Å². The van der Waals surface area contributed by atoms with Gasteiger partial charge in [-0.2, -0.15) is 5.10 Å². The van der Waals surface area contributed by atoms with Crippen LogP contribution in [0, 0.1) is 5.92 Å². The molecule has 2 aromatic rings. The van der Waals surface area contributed by atoms with Crippen molar-refractivity contribution >= 4 is 11.6 Å². The maximum absolute atomic E-state index is 12.6. The molecule has 0 aliphatic carbocycles. The lowest BCUT2D eigenvalue weighted by Gasteiger charge is -2.17. The predicted molar refractivity (Wildman–Crippen MR) is 85.0 cm³/mol. The van der Waals surface area contributed by atoms with Crippen molar-refractivity contribution in [2.75, 3.05) is 11.9 Å². The first kappa shape index (κ1) is 15.5. The number of aryl methyl sites for hydroxylation is 2. The highest BCUT2D eigenvalue weighted by atomic mass is 16.5. The van der Waals surface area contributed by atoms with E-state index in [1.165, 1.54) is 6.07 Å². The molecule has 0 aromatic carbocycles. The normalized spacial score (nSPS) is 20.6. The van der Waals surface area contributed by atoms with E-state index in [2.05, 4.69) is 10.4 Å². The molecule has 2 aromatic heterocycles. The van der Waals surface area contributed by atoms with Crippen molar-refractivity contribution in [1.29, 1.82) is 0 Å². The van der Waals surface area contributed by atoms with Crippen LogP contribution in [0.5, 0.6) is 0 Å². The minimum atomic E-state index is -0.277. The monoisotopic (exact) mass is 316 g/mol. The number of hydrogen-bond donors (Lipinski definition) is 1. The lowest BCUT2D eigenvalue weighted by Crippen LogP contribution is -2.26. The molecule has 0 radical (unpaired) electrons. The van der Waals surface area contributed by atoms with E-state index in [1.54, 1.807) is 27.7 Å². The van der Waals surface area contributed by atoms with Gasteiger partial charge in [-0.1, -0.05) is 0 Å². The summed E-state index contributed by atoms with van der Waals surface area (Å²) in [4.78, 5) is 24.2. The van der Waals surface area contributed by atoms with Crippen molar-refractivity contribution in [2.45, 2.75) is 26.0 Å². The number of nitrogens with one attached hydrogen (secondary N) is 1. The Morgan fingerprint density at radius 3 is 2.96 bits per heavy atom. The fourth-order valence-electron chi connectivity index (χ4n) is 2.86.